The van der Waals surface area contributed by atoms with Crippen LogP contribution in [0.25, 0.3) is 5.70 Å². The van der Waals surface area contributed by atoms with Crippen LogP contribution in [0.3, 0.4) is 0 Å². The number of aromatic nitrogens is 3. The summed E-state index contributed by atoms with van der Waals surface area (Å²) in [5.41, 5.74) is 2.22. The summed E-state index contributed by atoms with van der Waals surface area (Å²) in [6.07, 6.45) is 6.32. The normalized spacial score (nSPS) is 16.6. The molecular formula is C18H21ClFN5O2. The van der Waals surface area contributed by atoms with Crippen molar-refractivity contribution in [2.24, 2.45) is 5.92 Å². The number of amides is 1. The zero-order valence-corrected chi connectivity index (χ0v) is 15.7. The quantitative estimate of drug-likeness (QED) is 0.801. The number of pyridine rings is 1. The van der Waals surface area contributed by atoms with Gasteiger partial charge in [0.15, 0.2) is 6.33 Å². The molecule has 27 heavy (non-hydrogen) atoms. The van der Waals surface area contributed by atoms with Gasteiger partial charge in [-0.3, -0.25) is 4.79 Å². The van der Waals surface area contributed by atoms with E-state index in [2.05, 4.69) is 33.9 Å². The summed E-state index contributed by atoms with van der Waals surface area (Å²) in [5.74, 6) is 0.188. The van der Waals surface area contributed by atoms with Gasteiger partial charge in [0.05, 0.1) is 5.70 Å². The molecule has 0 aromatic carbocycles. The van der Waals surface area contributed by atoms with Crippen molar-refractivity contribution in [2.45, 2.75) is 19.8 Å². The lowest BCUT2D eigenvalue weighted by atomic mass is 10.00. The number of piperidine rings is 1. The van der Waals surface area contributed by atoms with Crippen molar-refractivity contribution in [2.75, 3.05) is 13.1 Å². The van der Waals surface area contributed by atoms with Gasteiger partial charge in [-0.1, -0.05) is 30.3 Å². The number of halogens is 2. The van der Waals surface area contributed by atoms with Gasteiger partial charge >= 0.3 is 0 Å². The van der Waals surface area contributed by atoms with E-state index < -0.39 is 5.95 Å². The minimum absolute atomic E-state index is 0.0900. The monoisotopic (exact) mass is 393 g/mol. The molecule has 0 saturated carbocycles. The van der Waals surface area contributed by atoms with Crippen LogP contribution in [0.1, 0.15) is 36.0 Å². The van der Waals surface area contributed by atoms with Crippen LogP contribution in [-0.4, -0.2) is 39.0 Å². The van der Waals surface area contributed by atoms with Crippen LogP contribution < -0.4 is 5.32 Å². The molecular weight excluding hydrogens is 373 g/mol. The Morgan fingerprint density at radius 2 is 2.33 bits per heavy atom. The summed E-state index contributed by atoms with van der Waals surface area (Å²) < 4.78 is 17.6. The summed E-state index contributed by atoms with van der Waals surface area (Å²) in [7, 11) is 0. The SMILES string of the molecule is C=C(N/C=C/Cl)c1ncno1.C[C@H]1CCCN(C(=O)c2ccnc(F)c2)C1. The Labute approximate surface area is 161 Å². The molecule has 0 aliphatic carbocycles. The topological polar surface area (TPSA) is 84.2 Å². The van der Waals surface area contributed by atoms with Gasteiger partial charge < -0.3 is 14.7 Å². The zero-order chi connectivity index (χ0) is 19.6. The molecule has 1 fully saturated rings. The number of nitrogens with one attached hydrogen (secondary N) is 1. The highest BCUT2D eigenvalue weighted by Gasteiger charge is 2.22. The summed E-state index contributed by atoms with van der Waals surface area (Å²) >= 11 is 5.26. The molecule has 7 nitrogen and oxygen atoms in total. The molecule has 1 atom stereocenters. The molecule has 9 heteroatoms. The lowest BCUT2D eigenvalue weighted by Crippen LogP contribution is -2.39. The number of carbonyl (C=O) groups excluding carboxylic acids is 1. The van der Waals surface area contributed by atoms with Crippen LogP contribution in [0.2, 0.25) is 0 Å². The molecule has 0 radical (unpaired) electrons. The molecule has 2 aromatic heterocycles. The molecule has 1 amide bonds. The highest BCUT2D eigenvalue weighted by Crippen LogP contribution is 2.17. The number of carbonyl (C=O) groups is 1. The van der Waals surface area contributed by atoms with Crippen LogP contribution in [0, 0.1) is 11.9 Å². The summed E-state index contributed by atoms with van der Waals surface area (Å²) in [6.45, 7) is 7.29. The molecule has 1 saturated heterocycles. The van der Waals surface area contributed by atoms with E-state index in [1.807, 2.05) is 0 Å². The zero-order valence-electron chi connectivity index (χ0n) is 14.9. The molecule has 1 aliphatic heterocycles. The maximum absolute atomic E-state index is 12.9. The lowest BCUT2D eigenvalue weighted by molar-refractivity contribution is 0.0682. The van der Waals surface area contributed by atoms with Gasteiger partial charge in [-0.15, -0.1) is 0 Å². The first-order chi connectivity index (χ1) is 13.0. The molecule has 3 heterocycles. The van der Waals surface area contributed by atoms with Crippen LogP contribution in [0.4, 0.5) is 4.39 Å². The van der Waals surface area contributed by atoms with Crippen molar-refractivity contribution < 1.29 is 13.7 Å². The smallest absolute Gasteiger partial charge is 0.273 e. The van der Waals surface area contributed by atoms with Crippen molar-refractivity contribution in [3.05, 3.63) is 60.4 Å². The molecule has 0 unspecified atom stereocenters. The Hall–Kier alpha value is -2.74. The van der Waals surface area contributed by atoms with Gasteiger partial charge in [0, 0.05) is 42.7 Å². The third-order valence-corrected chi connectivity index (χ3v) is 3.98. The Morgan fingerprint density at radius 3 is 2.96 bits per heavy atom. The van der Waals surface area contributed by atoms with Gasteiger partial charge in [0.2, 0.25) is 5.95 Å². The van der Waals surface area contributed by atoms with Gasteiger partial charge in [-0.2, -0.15) is 9.37 Å². The van der Waals surface area contributed by atoms with Crippen molar-refractivity contribution in [1.82, 2.24) is 25.3 Å². The molecule has 144 valence electrons. The molecule has 1 N–H and O–H groups in total. The van der Waals surface area contributed by atoms with E-state index in [0.29, 0.717) is 23.1 Å². The fourth-order valence-electron chi connectivity index (χ4n) is 2.59. The van der Waals surface area contributed by atoms with Crippen LogP contribution in [-0.2, 0) is 0 Å². The highest BCUT2D eigenvalue weighted by atomic mass is 35.5. The molecule has 0 bridgehead atoms. The summed E-state index contributed by atoms with van der Waals surface area (Å²) in [6, 6.07) is 2.76. The number of rotatable bonds is 4. The van der Waals surface area contributed by atoms with E-state index in [1.54, 1.807) is 11.0 Å². The third kappa shape index (κ3) is 6.49. The molecule has 1 aliphatic rings. The first kappa shape index (κ1) is 20.6. The average molecular weight is 394 g/mol. The van der Waals surface area contributed by atoms with E-state index in [1.165, 1.54) is 30.3 Å². The Kier molecular flexibility index (Phi) is 7.94. The highest BCUT2D eigenvalue weighted by molar-refractivity contribution is 6.25. The van der Waals surface area contributed by atoms with Crippen molar-refractivity contribution in [3.8, 4) is 0 Å². The maximum atomic E-state index is 12.9. The van der Waals surface area contributed by atoms with Gasteiger partial charge in [-0.25, -0.2) is 4.98 Å². The van der Waals surface area contributed by atoms with E-state index in [-0.39, 0.29) is 5.91 Å². The van der Waals surface area contributed by atoms with E-state index >= 15 is 0 Å². The second kappa shape index (κ2) is 10.4. The Balaban J connectivity index is 0.000000208. The Morgan fingerprint density at radius 1 is 1.52 bits per heavy atom. The fourth-order valence-corrected chi connectivity index (χ4v) is 2.65. The predicted molar refractivity (Wildman–Crippen MR) is 100.0 cm³/mol. The number of hydrogen-bond donors (Lipinski definition) is 1. The van der Waals surface area contributed by atoms with E-state index in [9.17, 15) is 9.18 Å². The maximum Gasteiger partial charge on any atom is 0.273 e. The van der Waals surface area contributed by atoms with Crippen molar-refractivity contribution in [1.29, 1.82) is 0 Å². The lowest BCUT2D eigenvalue weighted by Gasteiger charge is -2.30. The molecule has 0 spiro atoms. The van der Waals surface area contributed by atoms with Crippen molar-refractivity contribution in [3.63, 3.8) is 0 Å². The largest absolute Gasteiger partial charge is 0.357 e. The van der Waals surface area contributed by atoms with Gasteiger partial charge in [-0.05, 0) is 24.8 Å². The second-order valence-corrected chi connectivity index (χ2v) is 6.28. The number of nitrogens with zero attached hydrogens (tertiary/aromatic N) is 4. The minimum atomic E-state index is -0.601. The Bertz CT molecular complexity index is 782. The predicted octanol–water partition coefficient (Wildman–Crippen LogP) is 3.43. The third-order valence-electron chi connectivity index (χ3n) is 3.86. The summed E-state index contributed by atoms with van der Waals surface area (Å²) in [5, 5.41) is 6.14. The molecule has 3 rings (SSSR count). The summed E-state index contributed by atoms with van der Waals surface area (Å²) in [4.78, 5) is 21.0. The number of hydrogen-bond acceptors (Lipinski definition) is 6. The van der Waals surface area contributed by atoms with Gasteiger partial charge in [0.25, 0.3) is 11.8 Å². The van der Waals surface area contributed by atoms with Crippen LogP contribution >= 0.6 is 11.6 Å². The van der Waals surface area contributed by atoms with Crippen LogP contribution in [0.15, 0.2) is 47.5 Å². The first-order valence-corrected chi connectivity index (χ1v) is 8.83. The second-order valence-electron chi connectivity index (χ2n) is 6.03. The molecule has 2 aromatic rings. The van der Waals surface area contributed by atoms with E-state index in [0.717, 1.165) is 25.9 Å². The average Bonchev–Trinajstić information content (AvgIpc) is 3.21. The number of likely N-dealkylation sites (tertiary alicyclic amines) is 1. The minimum Gasteiger partial charge on any atom is -0.357 e. The standard InChI is InChI=1S/C12H15FN2O.C6H6ClN3O/c1-9-3-2-6-15(8-9)12(16)10-4-5-14-11(13)7-10;1-5(8-3-2-7)6-9-4-10-11-6/h4-5,7,9H,2-3,6,8H2,1H3;2-4,8H,1H2/b;3-2+/t9-;/m0./s1. The first-order valence-electron chi connectivity index (χ1n) is 8.39. The van der Waals surface area contributed by atoms with Crippen molar-refractivity contribution >= 4 is 23.2 Å². The fraction of sp³-hybridized carbons (Fsp3) is 0.333. The van der Waals surface area contributed by atoms with Gasteiger partial charge in [0.1, 0.15) is 0 Å². The van der Waals surface area contributed by atoms with E-state index in [4.69, 9.17) is 16.1 Å². The van der Waals surface area contributed by atoms with Crippen LogP contribution in [0.5, 0.6) is 0 Å².